The summed E-state index contributed by atoms with van der Waals surface area (Å²) in [7, 11) is 0. The van der Waals surface area contributed by atoms with Crippen molar-refractivity contribution >= 4 is 52.8 Å². The second-order valence-electron chi connectivity index (χ2n) is 5.63. The van der Waals surface area contributed by atoms with Crippen LogP contribution in [0, 0.1) is 0 Å². The van der Waals surface area contributed by atoms with E-state index in [0.29, 0.717) is 0 Å². The van der Waals surface area contributed by atoms with Crippen molar-refractivity contribution in [3.63, 3.8) is 0 Å². The molecule has 0 aliphatic rings. The van der Waals surface area contributed by atoms with Crippen LogP contribution < -0.4 is 5.32 Å². The quantitative estimate of drug-likeness (QED) is 0.249. The number of allylic oxidation sites excluding steroid dienone is 1. The molecule has 1 N–H and O–H groups in total. The maximum atomic E-state index is 11.9. The number of alkyl halides is 3. The average Bonchev–Trinajstić information content (AvgIpc) is 2.38. The zero-order valence-corrected chi connectivity index (χ0v) is 16.2. The number of carbonyl (C=O) groups excluding carboxylic acids is 3. The van der Waals surface area contributed by atoms with Gasteiger partial charge in [0.15, 0.2) is 0 Å². The van der Waals surface area contributed by atoms with Gasteiger partial charge in [-0.2, -0.15) is 0 Å². The van der Waals surface area contributed by atoms with Gasteiger partial charge < -0.3 is 19.5 Å². The molecule has 138 valence electrons. The monoisotopic (exact) mass is 403 g/mol. The molecule has 0 fully saturated rings. The van der Waals surface area contributed by atoms with Crippen LogP contribution in [0.15, 0.2) is 11.8 Å². The van der Waals surface area contributed by atoms with Gasteiger partial charge in [-0.15, -0.1) is 0 Å². The SMILES string of the molecule is C/C=C(\OC(=O)[C@H](C)NC(=O)OC(C)(C)C)C(=O)OCC(Cl)(Cl)Cl. The molecule has 10 heteroatoms. The second kappa shape index (κ2) is 9.34. The summed E-state index contributed by atoms with van der Waals surface area (Å²) in [6.07, 6.45) is 0.409. The summed E-state index contributed by atoms with van der Waals surface area (Å²) in [6.45, 7) is 7.32. The van der Waals surface area contributed by atoms with Crippen LogP contribution in [0.4, 0.5) is 4.79 Å². The number of ether oxygens (including phenoxy) is 3. The molecule has 0 saturated heterocycles. The predicted octanol–water partition coefficient (Wildman–Crippen LogP) is 3.26. The molecule has 0 heterocycles. The molecule has 24 heavy (non-hydrogen) atoms. The number of nitrogens with one attached hydrogen (secondary N) is 1. The van der Waals surface area contributed by atoms with Crippen LogP contribution in [0.25, 0.3) is 0 Å². The number of carbonyl (C=O) groups is 3. The van der Waals surface area contributed by atoms with Crippen molar-refractivity contribution in [1.29, 1.82) is 0 Å². The molecule has 7 nitrogen and oxygen atoms in total. The minimum Gasteiger partial charge on any atom is -0.455 e. The summed E-state index contributed by atoms with van der Waals surface area (Å²) in [5.41, 5.74) is -0.719. The van der Waals surface area contributed by atoms with E-state index in [-0.39, 0.29) is 0 Å². The fourth-order valence-electron chi connectivity index (χ4n) is 1.18. The Bertz CT molecular complexity index is 508. The number of amides is 1. The largest absolute Gasteiger partial charge is 0.455 e. The van der Waals surface area contributed by atoms with Crippen LogP contribution in [-0.4, -0.2) is 40.1 Å². The summed E-state index contributed by atoms with van der Waals surface area (Å²) in [5.74, 6) is -2.27. The van der Waals surface area contributed by atoms with Crippen molar-refractivity contribution in [2.45, 2.75) is 50.1 Å². The number of esters is 2. The molecular weight excluding hydrogens is 385 g/mol. The first-order chi connectivity index (χ1) is 10.7. The van der Waals surface area contributed by atoms with Gasteiger partial charge in [-0.3, -0.25) is 0 Å². The summed E-state index contributed by atoms with van der Waals surface area (Å²) >= 11 is 16.4. The Balaban J connectivity index is 4.60. The smallest absolute Gasteiger partial charge is 0.408 e. The van der Waals surface area contributed by atoms with Gasteiger partial charge in [0.05, 0.1) is 0 Å². The lowest BCUT2D eigenvalue weighted by Crippen LogP contribution is -2.42. The lowest BCUT2D eigenvalue weighted by Gasteiger charge is -2.21. The molecule has 0 rings (SSSR count). The van der Waals surface area contributed by atoms with Crippen LogP contribution in [0.2, 0.25) is 0 Å². The number of halogens is 3. The number of hydrogen-bond donors (Lipinski definition) is 1. The van der Waals surface area contributed by atoms with Gasteiger partial charge in [0.25, 0.3) is 0 Å². The van der Waals surface area contributed by atoms with Gasteiger partial charge >= 0.3 is 18.0 Å². The first kappa shape index (κ1) is 22.8. The number of alkyl carbamates (subject to hydrolysis) is 1. The van der Waals surface area contributed by atoms with Gasteiger partial charge in [-0.25, -0.2) is 14.4 Å². The Morgan fingerprint density at radius 2 is 1.71 bits per heavy atom. The molecule has 0 radical (unpaired) electrons. The maximum absolute atomic E-state index is 11.9. The van der Waals surface area contributed by atoms with Crippen LogP contribution in [0.1, 0.15) is 34.6 Å². The van der Waals surface area contributed by atoms with Crippen molar-refractivity contribution in [2.24, 2.45) is 0 Å². The van der Waals surface area contributed by atoms with Gasteiger partial charge in [0.1, 0.15) is 18.2 Å². The first-order valence-corrected chi connectivity index (χ1v) is 8.00. The highest BCUT2D eigenvalue weighted by Crippen LogP contribution is 2.26. The van der Waals surface area contributed by atoms with Crippen molar-refractivity contribution < 1.29 is 28.6 Å². The van der Waals surface area contributed by atoms with E-state index in [1.807, 2.05) is 0 Å². The molecule has 1 atom stereocenters. The van der Waals surface area contributed by atoms with E-state index in [4.69, 9.17) is 49.0 Å². The average molecular weight is 405 g/mol. The maximum Gasteiger partial charge on any atom is 0.408 e. The summed E-state index contributed by atoms with van der Waals surface area (Å²) in [5, 5.41) is 2.28. The molecule has 0 aromatic heterocycles. The van der Waals surface area contributed by atoms with E-state index >= 15 is 0 Å². The number of hydrogen-bond acceptors (Lipinski definition) is 6. The Kier molecular flexibility index (Phi) is 8.88. The van der Waals surface area contributed by atoms with E-state index in [0.717, 1.165) is 0 Å². The standard InChI is InChI=1S/C14H20Cl3NO6/c1-6-9(11(20)22-7-14(15,16)17)23-10(19)8(2)18-12(21)24-13(3,4)5/h6,8H,7H2,1-5H3,(H,18,21)/b9-6-/t8-/m0/s1. The molecule has 0 aromatic rings. The third-order valence-electron chi connectivity index (χ3n) is 2.13. The second-order valence-corrected chi connectivity index (χ2v) is 8.15. The van der Waals surface area contributed by atoms with E-state index in [1.165, 1.54) is 19.9 Å². The molecule has 0 aromatic carbocycles. The van der Waals surface area contributed by atoms with Gasteiger partial charge in [-0.1, -0.05) is 34.8 Å². The minimum absolute atomic E-state index is 0.396. The molecule has 0 unspecified atom stereocenters. The fraction of sp³-hybridized carbons (Fsp3) is 0.643. The van der Waals surface area contributed by atoms with Crippen LogP contribution in [0.3, 0.4) is 0 Å². The zero-order chi connectivity index (χ0) is 19.1. The topological polar surface area (TPSA) is 90.9 Å². The van der Waals surface area contributed by atoms with Crippen molar-refractivity contribution in [3.8, 4) is 0 Å². The minimum atomic E-state index is -1.79. The highest BCUT2D eigenvalue weighted by atomic mass is 35.6. The van der Waals surface area contributed by atoms with Crippen LogP contribution >= 0.6 is 34.8 Å². The van der Waals surface area contributed by atoms with Gasteiger partial charge in [0.2, 0.25) is 9.55 Å². The Morgan fingerprint density at radius 3 is 2.12 bits per heavy atom. The van der Waals surface area contributed by atoms with Crippen LogP contribution in [-0.2, 0) is 23.8 Å². The predicted molar refractivity (Wildman–Crippen MR) is 89.9 cm³/mol. The first-order valence-electron chi connectivity index (χ1n) is 6.86. The Morgan fingerprint density at radius 1 is 1.17 bits per heavy atom. The molecule has 0 aliphatic carbocycles. The summed E-state index contributed by atoms with van der Waals surface area (Å²) in [4.78, 5) is 35.2. The molecule has 0 saturated carbocycles. The number of rotatable bonds is 5. The van der Waals surface area contributed by atoms with E-state index in [1.54, 1.807) is 20.8 Å². The summed E-state index contributed by atoms with van der Waals surface area (Å²) in [6, 6.07) is -1.06. The van der Waals surface area contributed by atoms with E-state index in [9.17, 15) is 14.4 Å². The molecular formula is C14H20Cl3NO6. The lowest BCUT2D eigenvalue weighted by atomic mass is 10.2. The van der Waals surface area contributed by atoms with Gasteiger partial charge in [0, 0.05) is 0 Å². The van der Waals surface area contributed by atoms with Gasteiger partial charge in [-0.05, 0) is 40.7 Å². The Hall–Kier alpha value is -1.18. The summed E-state index contributed by atoms with van der Waals surface area (Å²) < 4.78 is 12.8. The van der Waals surface area contributed by atoms with Crippen molar-refractivity contribution in [2.75, 3.05) is 6.61 Å². The van der Waals surface area contributed by atoms with Crippen molar-refractivity contribution in [3.05, 3.63) is 11.8 Å². The molecule has 1 amide bonds. The van der Waals surface area contributed by atoms with Crippen molar-refractivity contribution in [1.82, 2.24) is 5.32 Å². The fourth-order valence-corrected chi connectivity index (χ4v) is 1.34. The molecule has 0 bridgehead atoms. The normalized spacial score (nSPS) is 13.8. The highest BCUT2D eigenvalue weighted by molar-refractivity contribution is 6.67. The van der Waals surface area contributed by atoms with E-state index < -0.39 is 45.8 Å². The molecule has 0 aliphatic heterocycles. The molecule has 0 spiro atoms. The van der Waals surface area contributed by atoms with Crippen LogP contribution in [0.5, 0.6) is 0 Å². The Labute approximate surface area is 155 Å². The third kappa shape index (κ3) is 10.6. The highest BCUT2D eigenvalue weighted by Gasteiger charge is 2.27. The third-order valence-corrected chi connectivity index (χ3v) is 2.45. The zero-order valence-electron chi connectivity index (χ0n) is 13.9. The lowest BCUT2D eigenvalue weighted by molar-refractivity contribution is -0.152. The van der Waals surface area contributed by atoms with E-state index in [2.05, 4.69) is 5.32 Å².